The number of benzene rings is 2. The number of nitrogens with zero attached hydrogens (tertiary/aromatic N) is 1. The maximum Gasteiger partial charge on any atom is 0.256 e. The molecular weight excluding hydrogens is 374 g/mol. The van der Waals surface area contributed by atoms with Crippen molar-refractivity contribution in [3.8, 4) is 11.1 Å². The summed E-state index contributed by atoms with van der Waals surface area (Å²) in [5, 5.41) is 2.70. The summed E-state index contributed by atoms with van der Waals surface area (Å²) in [5.74, 6) is -0.0162. The van der Waals surface area contributed by atoms with Gasteiger partial charge in [0.25, 0.3) is 5.91 Å². The van der Waals surface area contributed by atoms with Crippen LogP contribution in [0, 0.1) is 0 Å². The SMILES string of the molecule is O=C(Nc1ccc(-c2ccccc2)cn1)c1cccc(S(=O)(=O)NC2CC2)c1. The van der Waals surface area contributed by atoms with Crippen molar-refractivity contribution in [2.45, 2.75) is 23.8 Å². The highest BCUT2D eigenvalue weighted by Crippen LogP contribution is 2.23. The van der Waals surface area contributed by atoms with Crippen molar-refractivity contribution < 1.29 is 13.2 Å². The maximum atomic E-state index is 12.5. The molecular formula is C21H19N3O3S. The van der Waals surface area contributed by atoms with E-state index in [-0.39, 0.29) is 16.5 Å². The molecule has 1 aliphatic rings. The molecule has 1 aromatic heterocycles. The van der Waals surface area contributed by atoms with Crippen molar-refractivity contribution in [2.75, 3.05) is 5.32 Å². The minimum Gasteiger partial charge on any atom is -0.307 e. The van der Waals surface area contributed by atoms with Crippen molar-refractivity contribution in [1.29, 1.82) is 0 Å². The van der Waals surface area contributed by atoms with Crippen LogP contribution in [0.4, 0.5) is 5.82 Å². The van der Waals surface area contributed by atoms with Crippen LogP contribution < -0.4 is 10.0 Å². The highest BCUT2D eigenvalue weighted by molar-refractivity contribution is 7.89. The molecule has 1 heterocycles. The van der Waals surface area contributed by atoms with Gasteiger partial charge < -0.3 is 5.32 Å². The second-order valence-electron chi connectivity index (χ2n) is 6.68. The molecule has 28 heavy (non-hydrogen) atoms. The summed E-state index contributed by atoms with van der Waals surface area (Å²) < 4.78 is 27.3. The van der Waals surface area contributed by atoms with Crippen molar-refractivity contribution in [3.05, 3.63) is 78.5 Å². The summed E-state index contributed by atoms with van der Waals surface area (Å²) in [6, 6.07) is 19.4. The maximum absolute atomic E-state index is 12.5. The van der Waals surface area contributed by atoms with Crippen molar-refractivity contribution in [2.24, 2.45) is 0 Å². The highest BCUT2D eigenvalue weighted by Gasteiger charge is 2.28. The van der Waals surface area contributed by atoms with Gasteiger partial charge >= 0.3 is 0 Å². The zero-order chi connectivity index (χ0) is 19.6. The van der Waals surface area contributed by atoms with E-state index in [1.165, 1.54) is 12.1 Å². The van der Waals surface area contributed by atoms with Gasteiger partial charge in [-0.3, -0.25) is 4.79 Å². The molecule has 0 saturated heterocycles. The zero-order valence-electron chi connectivity index (χ0n) is 15.0. The summed E-state index contributed by atoms with van der Waals surface area (Å²) in [4.78, 5) is 16.9. The molecule has 7 heteroatoms. The number of amides is 1. The molecule has 2 aromatic carbocycles. The van der Waals surface area contributed by atoms with E-state index in [1.54, 1.807) is 24.4 Å². The fourth-order valence-electron chi connectivity index (χ4n) is 2.75. The average Bonchev–Trinajstić information content (AvgIpc) is 3.53. The van der Waals surface area contributed by atoms with Crippen LogP contribution in [-0.4, -0.2) is 25.4 Å². The number of carbonyl (C=O) groups excluding carboxylic acids is 1. The van der Waals surface area contributed by atoms with Crippen LogP contribution in [0.2, 0.25) is 0 Å². The van der Waals surface area contributed by atoms with Crippen LogP contribution in [0.25, 0.3) is 11.1 Å². The van der Waals surface area contributed by atoms with E-state index >= 15 is 0 Å². The van der Waals surface area contributed by atoms with Gasteiger partial charge in [0.15, 0.2) is 0 Å². The molecule has 0 bridgehead atoms. The lowest BCUT2D eigenvalue weighted by atomic mass is 10.1. The predicted octanol–water partition coefficient (Wildman–Crippen LogP) is 3.44. The number of pyridine rings is 1. The Morgan fingerprint density at radius 2 is 1.71 bits per heavy atom. The van der Waals surface area contributed by atoms with Crippen LogP contribution in [0.5, 0.6) is 0 Å². The summed E-state index contributed by atoms with van der Waals surface area (Å²) >= 11 is 0. The lowest BCUT2D eigenvalue weighted by Gasteiger charge is -2.09. The Morgan fingerprint density at radius 1 is 0.929 bits per heavy atom. The second kappa shape index (κ2) is 7.53. The van der Waals surface area contributed by atoms with Crippen LogP contribution >= 0.6 is 0 Å². The lowest BCUT2D eigenvalue weighted by Crippen LogP contribution is -2.26. The first-order valence-electron chi connectivity index (χ1n) is 8.96. The molecule has 1 aliphatic carbocycles. The molecule has 1 saturated carbocycles. The van der Waals surface area contributed by atoms with Gasteiger partial charge in [-0.15, -0.1) is 0 Å². The minimum atomic E-state index is -3.61. The number of rotatable bonds is 6. The Morgan fingerprint density at radius 3 is 2.39 bits per heavy atom. The molecule has 2 N–H and O–H groups in total. The van der Waals surface area contributed by atoms with Crippen LogP contribution in [0.3, 0.4) is 0 Å². The second-order valence-corrected chi connectivity index (χ2v) is 8.39. The Bertz CT molecular complexity index is 1090. The van der Waals surface area contributed by atoms with Gasteiger partial charge in [-0.1, -0.05) is 36.4 Å². The first-order valence-corrected chi connectivity index (χ1v) is 10.4. The van der Waals surface area contributed by atoms with Gasteiger partial charge in [-0.05, 0) is 48.7 Å². The monoisotopic (exact) mass is 393 g/mol. The highest BCUT2D eigenvalue weighted by atomic mass is 32.2. The first kappa shape index (κ1) is 18.3. The lowest BCUT2D eigenvalue weighted by molar-refractivity contribution is 0.102. The van der Waals surface area contributed by atoms with Crippen LogP contribution in [0.15, 0.2) is 77.8 Å². The molecule has 0 spiro atoms. The van der Waals surface area contributed by atoms with Gasteiger partial charge in [-0.2, -0.15) is 0 Å². The number of hydrogen-bond donors (Lipinski definition) is 2. The van der Waals surface area contributed by atoms with E-state index < -0.39 is 15.9 Å². The van der Waals surface area contributed by atoms with Crippen molar-refractivity contribution in [1.82, 2.24) is 9.71 Å². The van der Waals surface area contributed by atoms with E-state index in [0.29, 0.717) is 5.82 Å². The molecule has 6 nitrogen and oxygen atoms in total. The number of nitrogens with one attached hydrogen (secondary N) is 2. The van der Waals surface area contributed by atoms with E-state index in [0.717, 1.165) is 24.0 Å². The summed E-state index contributed by atoms with van der Waals surface area (Å²) in [6.07, 6.45) is 3.39. The summed E-state index contributed by atoms with van der Waals surface area (Å²) in [7, 11) is -3.61. The molecule has 0 radical (unpaired) electrons. The molecule has 3 aromatic rings. The third kappa shape index (κ3) is 4.27. The van der Waals surface area contributed by atoms with E-state index in [4.69, 9.17) is 0 Å². The molecule has 0 unspecified atom stereocenters. The first-order chi connectivity index (χ1) is 13.5. The van der Waals surface area contributed by atoms with Crippen LogP contribution in [-0.2, 0) is 10.0 Å². The minimum absolute atomic E-state index is 0.00908. The molecule has 1 amide bonds. The van der Waals surface area contributed by atoms with Gasteiger partial charge in [0.1, 0.15) is 5.82 Å². The fraction of sp³-hybridized carbons (Fsp3) is 0.143. The topological polar surface area (TPSA) is 88.2 Å². The summed E-state index contributed by atoms with van der Waals surface area (Å²) in [6.45, 7) is 0. The fourth-order valence-corrected chi connectivity index (χ4v) is 4.10. The number of carbonyl (C=O) groups is 1. The van der Waals surface area contributed by atoms with E-state index in [9.17, 15) is 13.2 Å². The van der Waals surface area contributed by atoms with Crippen molar-refractivity contribution >= 4 is 21.7 Å². The van der Waals surface area contributed by atoms with E-state index in [1.807, 2.05) is 36.4 Å². The molecule has 142 valence electrons. The molecule has 0 atom stereocenters. The third-order valence-corrected chi connectivity index (χ3v) is 5.94. The van der Waals surface area contributed by atoms with Gasteiger partial charge in [0.05, 0.1) is 4.90 Å². The smallest absolute Gasteiger partial charge is 0.256 e. The van der Waals surface area contributed by atoms with Crippen molar-refractivity contribution in [3.63, 3.8) is 0 Å². The molecule has 1 fully saturated rings. The van der Waals surface area contributed by atoms with Gasteiger partial charge in [0.2, 0.25) is 10.0 Å². The Labute approximate surface area is 163 Å². The van der Waals surface area contributed by atoms with E-state index in [2.05, 4.69) is 15.0 Å². The number of aromatic nitrogens is 1. The predicted molar refractivity (Wildman–Crippen MR) is 107 cm³/mol. The normalized spacial score (nSPS) is 13.9. The summed E-state index contributed by atoms with van der Waals surface area (Å²) in [5.41, 5.74) is 2.24. The zero-order valence-corrected chi connectivity index (χ0v) is 15.8. The molecule has 4 rings (SSSR count). The number of hydrogen-bond acceptors (Lipinski definition) is 4. The number of anilines is 1. The van der Waals surface area contributed by atoms with Gasteiger partial charge in [-0.25, -0.2) is 18.1 Å². The van der Waals surface area contributed by atoms with Gasteiger partial charge in [0, 0.05) is 23.4 Å². The Balaban J connectivity index is 1.48. The number of sulfonamides is 1. The molecule has 0 aliphatic heterocycles. The third-order valence-electron chi connectivity index (χ3n) is 4.42. The van der Waals surface area contributed by atoms with Crippen LogP contribution in [0.1, 0.15) is 23.2 Å². The average molecular weight is 393 g/mol. The standard InChI is InChI=1S/C21H19N3O3S/c25-21(16-7-4-8-19(13-16)28(26,27)24-18-10-11-18)23-20-12-9-17(14-22-20)15-5-2-1-3-6-15/h1-9,12-14,18,24H,10-11H2,(H,22,23,25). The Kier molecular flexibility index (Phi) is 4.93. The Hall–Kier alpha value is -3.03. The largest absolute Gasteiger partial charge is 0.307 e. The quantitative estimate of drug-likeness (QED) is 0.671.